The molecule has 6 rings (SSSR count). The number of aromatic nitrogens is 1. The summed E-state index contributed by atoms with van der Waals surface area (Å²) in [6, 6.07) is 13.9. The van der Waals surface area contributed by atoms with Gasteiger partial charge in [-0.15, -0.1) is 0 Å². The Hall–Kier alpha value is -3.08. The molecule has 37 heavy (non-hydrogen) atoms. The van der Waals surface area contributed by atoms with Crippen molar-refractivity contribution in [3.05, 3.63) is 54.2 Å². The highest BCUT2D eigenvalue weighted by Gasteiger charge is 2.58. The lowest BCUT2D eigenvalue weighted by molar-refractivity contribution is -0.231. The highest BCUT2D eigenvalue weighted by atomic mass is 32.2. The van der Waals surface area contributed by atoms with Crippen molar-refractivity contribution >= 4 is 32.4 Å². The molecular weight excluding hydrogens is 494 g/mol. The van der Waals surface area contributed by atoms with Crippen LogP contribution in [0.25, 0.3) is 10.8 Å². The molecule has 2 bridgehead atoms. The van der Waals surface area contributed by atoms with Crippen molar-refractivity contribution in [2.45, 2.75) is 31.4 Å². The summed E-state index contributed by atoms with van der Waals surface area (Å²) in [7, 11) is -0.209. The molecule has 3 fully saturated rings. The van der Waals surface area contributed by atoms with Gasteiger partial charge in [0, 0.05) is 54.0 Å². The molecule has 2 aliphatic heterocycles. The number of hydrogen-bond donors (Lipinski definition) is 2. The van der Waals surface area contributed by atoms with Gasteiger partial charge in [0.25, 0.3) is 10.1 Å². The summed E-state index contributed by atoms with van der Waals surface area (Å²) in [6.07, 6.45) is 5.39. The zero-order valence-corrected chi connectivity index (χ0v) is 22.2. The lowest BCUT2D eigenvalue weighted by atomic mass is 9.56. The highest BCUT2D eigenvalue weighted by molar-refractivity contribution is 7.85. The van der Waals surface area contributed by atoms with Crippen LogP contribution in [0.4, 0.5) is 11.5 Å². The van der Waals surface area contributed by atoms with Gasteiger partial charge in [0.1, 0.15) is 17.3 Å². The fraction of sp³-hybridized carbons (Fsp3) is 0.444. The molecule has 0 radical (unpaired) electrons. The number of hydrogen-bond acceptors (Lipinski definition) is 9. The van der Waals surface area contributed by atoms with Gasteiger partial charge in [-0.25, -0.2) is 4.98 Å². The number of rotatable bonds is 11. The third-order valence-corrected chi connectivity index (χ3v) is 7.92. The average Bonchev–Trinajstić information content (AvgIpc) is 2.89. The molecule has 9 nitrogen and oxygen atoms in total. The summed E-state index contributed by atoms with van der Waals surface area (Å²) in [5.74, 6) is 2.29. The Bertz CT molecular complexity index is 1390. The van der Waals surface area contributed by atoms with Gasteiger partial charge in [-0.1, -0.05) is 12.1 Å². The van der Waals surface area contributed by atoms with E-state index in [0.717, 1.165) is 71.4 Å². The number of fused-ring (bicyclic) bond motifs is 3. The van der Waals surface area contributed by atoms with Gasteiger partial charge < -0.3 is 24.8 Å². The SMILES string of the molecule is COc1ccc(CNc2nccc3c(NCC45CCOC(COS(C)(=O)=O)(C4)C5)cccc23)c(OC)c1. The van der Waals surface area contributed by atoms with Crippen LogP contribution >= 0.6 is 0 Å². The topological polar surface area (TPSA) is 108 Å². The number of benzene rings is 2. The second kappa shape index (κ2) is 10.00. The summed E-state index contributed by atoms with van der Waals surface area (Å²) in [5, 5.41) is 9.21. The molecule has 0 atom stereocenters. The maximum absolute atomic E-state index is 11.4. The maximum atomic E-state index is 11.4. The first kappa shape index (κ1) is 25.6. The third-order valence-electron chi connectivity index (χ3n) is 7.37. The van der Waals surface area contributed by atoms with Crippen LogP contribution in [0.3, 0.4) is 0 Å². The van der Waals surface area contributed by atoms with E-state index in [4.69, 9.17) is 18.4 Å². The number of anilines is 2. The van der Waals surface area contributed by atoms with Crippen LogP contribution in [-0.2, 0) is 25.6 Å². The molecule has 2 N–H and O–H groups in total. The fourth-order valence-corrected chi connectivity index (χ4v) is 6.04. The van der Waals surface area contributed by atoms with Crippen molar-refractivity contribution in [1.82, 2.24) is 4.98 Å². The molecule has 10 heteroatoms. The zero-order valence-electron chi connectivity index (χ0n) is 21.4. The normalized spacial score (nSPS) is 22.8. The lowest BCUT2D eigenvalue weighted by Crippen LogP contribution is -2.63. The molecule has 3 aromatic rings. The minimum Gasteiger partial charge on any atom is -0.497 e. The molecule has 1 aliphatic carbocycles. The van der Waals surface area contributed by atoms with Gasteiger partial charge in [0.15, 0.2) is 0 Å². The summed E-state index contributed by atoms with van der Waals surface area (Å²) in [5.41, 5.74) is 1.62. The van der Waals surface area contributed by atoms with Crippen LogP contribution in [0.15, 0.2) is 48.7 Å². The summed E-state index contributed by atoms with van der Waals surface area (Å²) in [6.45, 7) is 2.03. The summed E-state index contributed by atoms with van der Waals surface area (Å²) in [4.78, 5) is 4.59. The van der Waals surface area contributed by atoms with E-state index >= 15 is 0 Å². The van der Waals surface area contributed by atoms with Crippen LogP contribution in [0.2, 0.25) is 0 Å². The van der Waals surface area contributed by atoms with Gasteiger partial charge in [-0.3, -0.25) is 4.18 Å². The summed E-state index contributed by atoms with van der Waals surface area (Å²) < 4.78 is 44.7. The average molecular weight is 528 g/mol. The van der Waals surface area contributed by atoms with Gasteiger partial charge in [-0.2, -0.15) is 8.42 Å². The monoisotopic (exact) mass is 527 g/mol. The second-order valence-electron chi connectivity index (χ2n) is 10.0. The van der Waals surface area contributed by atoms with E-state index in [1.54, 1.807) is 14.2 Å². The van der Waals surface area contributed by atoms with Gasteiger partial charge in [0.05, 0.1) is 32.7 Å². The number of methoxy groups -OCH3 is 2. The van der Waals surface area contributed by atoms with Crippen molar-refractivity contribution in [3.63, 3.8) is 0 Å². The molecule has 3 aliphatic rings. The van der Waals surface area contributed by atoms with Crippen LogP contribution in [0.5, 0.6) is 11.5 Å². The largest absolute Gasteiger partial charge is 0.497 e. The smallest absolute Gasteiger partial charge is 0.264 e. The molecule has 0 spiro atoms. The minimum atomic E-state index is -3.49. The van der Waals surface area contributed by atoms with E-state index in [2.05, 4.69) is 27.8 Å². The Morgan fingerprint density at radius 3 is 2.65 bits per heavy atom. The number of nitrogens with zero attached hydrogens (tertiary/aromatic N) is 1. The molecule has 3 heterocycles. The Labute approximate surface area is 217 Å². The first-order valence-corrected chi connectivity index (χ1v) is 14.1. The molecule has 2 saturated heterocycles. The van der Waals surface area contributed by atoms with Crippen LogP contribution in [-0.4, -0.2) is 59.2 Å². The standard InChI is InChI=1S/C27H33N3O6S/c1-33-20-8-7-19(24(13-20)34-2)14-29-25-22-5-4-6-23(21(22)9-11-28-25)30-17-26-10-12-35-27(15-26,16-26)18-36-37(3,31)32/h4-9,11,13,30H,10,12,14-18H2,1-3H3,(H,28,29). The molecular formula is C27H33N3O6S. The number of nitrogens with one attached hydrogen (secondary N) is 2. The third kappa shape index (κ3) is 5.46. The molecule has 2 aromatic carbocycles. The van der Waals surface area contributed by atoms with Crippen LogP contribution in [0.1, 0.15) is 24.8 Å². The molecule has 0 amide bonds. The number of pyridine rings is 1. The predicted molar refractivity (Wildman–Crippen MR) is 143 cm³/mol. The Morgan fingerprint density at radius 1 is 1.05 bits per heavy atom. The highest BCUT2D eigenvalue weighted by Crippen LogP contribution is 2.56. The Balaban J connectivity index is 1.28. The lowest BCUT2D eigenvalue weighted by Gasteiger charge is -2.59. The quantitative estimate of drug-likeness (QED) is 0.355. The fourth-order valence-electron chi connectivity index (χ4n) is 5.61. The van der Waals surface area contributed by atoms with E-state index in [1.807, 2.05) is 36.5 Å². The Kier molecular flexibility index (Phi) is 6.91. The van der Waals surface area contributed by atoms with Crippen LogP contribution in [0, 0.1) is 5.41 Å². The predicted octanol–water partition coefficient (Wildman–Crippen LogP) is 4.19. The Morgan fingerprint density at radius 2 is 1.89 bits per heavy atom. The van der Waals surface area contributed by atoms with Crippen molar-refractivity contribution in [3.8, 4) is 11.5 Å². The zero-order chi connectivity index (χ0) is 26.1. The maximum Gasteiger partial charge on any atom is 0.264 e. The molecule has 1 saturated carbocycles. The van der Waals surface area contributed by atoms with E-state index in [0.29, 0.717) is 13.2 Å². The molecule has 1 aromatic heterocycles. The summed E-state index contributed by atoms with van der Waals surface area (Å²) >= 11 is 0. The van der Waals surface area contributed by atoms with E-state index < -0.39 is 15.7 Å². The van der Waals surface area contributed by atoms with Crippen molar-refractivity contribution in [2.75, 3.05) is 50.9 Å². The first-order chi connectivity index (χ1) is 17.7. The van der Waals surface area contributed by atoms with Crippen molar-refractivity contribution < 1.29 is 26.8 Å². The first-order valence-electron chi connectivity index (χ1n) is 12.3. The molecule has 0 unspecified atom stereocenters. The van der Waals surface area contributed by atoms with Gasteiger partial charge in [-0.05, 0) is 48.9 Å². The van der Waals surface area contributed by atoms with Crippen LogP contribution < -0.4 is 20.1 Å². The second-order valence-corrected chi connectivity index (χ2v) is 11.7. The van der Waals surface area contributed by atoms with E-state index in [1.165, 1.54) is 0 Å². The van der Waals surface area contributed by atoms with Gasteiger partial charge in [0.2, 0.25) is 0 Å². The van der Waals surface area contributed by atoms with E-state index in [9.17, 15) is 8.42 Å². The van der Waals surface area contributed by atoms with E-state index in [-0.39, 0.29) is 12.0 Å². The van der Waals surface area contributed by atoms with Crippen molar-refractivity contribution in [1.29, 1.82) is 0 Å². The van der Waals surface area contributed by atoms with Crippen molar-refractivity contribution in [2.24, 2.45) is 5.41 Å². The number of ether oxygens (including phenoxy) is 3. The van der Waals surface area contributed by atoms with Gasteiger partial charge >= 0.3 is 0 Å². The minimum absolute atomic E-state index is 0.0697. The molecule has 198 valence electrons.